The lowest BCUT2D eigenvalue weighted by Crippen LogP contribution is -2.23. The van der Waals surface area contributed by atoms with E-state index in [-0.39, 0.29) is 17.3 Å². The molecule has 1 aliphatic heterocycles. The first kappa shape index (κ1) is 15.0. The number of anilines is 1. The van der Waals surface area contributed by atoms with E-state index in [1.165, 1.54) is 12.1 Å². The van der Waals surface area contributed by atoms with Crippen LogP contribution in [0.3, 0.4) is 0 Å². The smallest absolute Gasteiger partial charge is 0.240 e. The molecule has 114 valence electrons. The number of sulfonamides is 1. The Balaban J connectivity index is 1.75. The molecule has 5 nitrogen and oxygen atoms in total. The van der Waals surface area contributed by atoms with Gasteiger partial charge in [-0.25, -0.2) is 13.1 Å². The lowest BCUT2D eigenvalue weighted by Gasteiger charge is -2.08. The van der Waals surface area contributed by atoms with Crippen molar-refractivity contribution in [1.29, 1.82) is 0 Å². The minimum Gasteiger partial charge on any atom is -0.326 e. The summed E-state index contributed by atoms with van der Waals surface area (Å²) in [6.07, 6.45) is 0.324. The van der Waals surface area contributed by atoms with E-state index in [9.17, 15) is 13.2 Å². The van der Waals surface area contributed by atoms with Crippen LogP contribution in [0, 0.1) is 0 Å². The predicted molar refractivity (Wildman–Crippen MR) is 84.3 cm³/mol. The molecule has 0 unspecified atom stereocenters. The van der Waals surface area contributed by atoms with Gasteiger partial charge in [0, 0.05) is 17.3 Å². The van der Waals surface area contributed by atoms with Crippen LogP contribution in [0.5, 0.6) is 0 Å². The van der Waals surface area contributed by atoms with Crippen LogP contribution in [0.25, 0.3) is 0 Å². The molecule has 2 N–H and O–H groups in total. The largest absolute Gasteiger partial charge is 0.326 e. The molecular formula is C15H13ClN2O3S. The zero-order valence-electron chi connectivity index (χ0n) is 11.5. The summed E-state index contributed by atoms with van der Waals surface area (Å²) in [6.45, 7) is 0.149. The molecule has 22 heavy (non-hydrogen) atoms. The molecule has 1 amide bonds. The molecule has 2 aromatic rings. The Labute approximate surface area is 133 Å². The van der Waals surface area contributed by atoms with E-state index in [1.54, 1.807) is 24.3 Å². The van der Waals surface area contributed by atoms with Gasteiger partial charge in [-0.2, -0.15) is 0 Å². The minimum absolute atomic E-state index is 0.0494. The Morgan fingerprint density at radius 2 is 2.00 bits per heavy atom. The van der Waals surface area contributed by atoms with E-state index >= 15 is 0 Å². The Bertz CT molecular complexity index is 850. The van der Waals surface area contributed by atoms with Crippen molar-refractivity contribution in [2.75, 3.05) is 5.32 Å². The van der Waals surface area contributed by atoms with Crippen molar-refractivity contribution in [3.63, 3.8) is 0 Å². The van der Waals surface area contributed by atoms with E-state index in [0.717, 1.165) is 16.8 Å². The Morgan fingerprint density at radius 3 is 2.77 bits per heavy atom. The average Bonchev–Trinajstić information content (AvgIpc) is 2.84. The van der Waals surface area contributed by atoms with E-state index in [1.807, 2.05) is 6.07 Å². The van der Waals surface area contributed by atoms with Gasteiger partial charge >= 0.3 is 0 Å². The van der Waals surface area contributed by atoms with Gasteiger partial charge in [0.05, 0.1) is 11.3 Å². The summed E-state index contributed by atoms with van der Waals surface area (Å²) < 4.78 is 26.9. The lowest BCUT2D eigenvalue weighted by molar-refractivity contribution is -0.115. The third-order valence-corrected chi connectivity index (χ3v) is 5.00. The maximum absolute atomic E-state index is 12.2. The molecule has 0 saturated heterocycles. The van der Waals surface area contributed by atoms with Crippen molar-refractivity contribution < 1.29 is 13.2 Å². The minimum atomic E-state index is -3.62. The number of carbonyl (C=O) groups is 1. The molecule has 1 aliphatic rings. The maximum Gasteiger partial charge on any atom is 0.240 e. The van der Waals surface area contributed by atoms with Crippen LogP contribution in [0.1, 0.15) is 11.1 Å². The van der Waals surface area contributed by atoms with Gasteiger partial charge < -0.3 is 5.32 Å². The fraction of sp³-hybridized carbons (Fsp3) is 0.133. The maximum atomic E-state index is 12.2. The molecule has 0 saturated carbocycles. The van der Waals surface area contributed by atoms with Gasteiger partial charge in [0.15, 0.2) is 0 Å². The summed E-state index contributed by atoms with van der Waals surface area (Å²) in [6, 6.07) is 11.5. The van der Waals surface area contributed by atoms with Crippen molar-refractivity contribution in [2.45, 2.75) is 17.9 Å². The fourth-order valence-corrected chi connectivity index (χ4v) is 3.61. The number of hydrogen-bond donors (Lipinski definition) is 2. The van der Waals surface area contributed by atoms with Gasteiger partial charge in [-0.1, -0.05) is 29.8 Å². The first-order chi connectivity index (χ1) is 10.4. The summed E-state index contributed by atoms with van der Waals surface area (Å²) >= 11 is 5.81. The van der Waals surface area contributed by atoms with E-state index in [4.69, 9.17) is 11.6 Å². The standard InChI is InChI=1S/C15H13ClN2O3S/c16-12-2-1-3-13(8-12)22(20,21)17-9-10-4-5-14-11(6-10)7-15(19)18-14/h1-6,8,17H,7,9H2,(H,18,19). The van der Waals surface area contributed by atoms with Crippen LogP contribution in [-0.4, -0.2) is 14.3 Å². The zero-order chi connectivity index (χ0) is 15.7. The monoisotopic (exact) mass is 336 g/mol. The van der Waals surface area contributed by atoms with Crippen molar-refractivity contribution >= 4 is 33.2 Å². The van der Waals surface area contributed by atoms with E-state index in [2.05, 4.69) is 10.0 Å². The number of fused-ring (bicyclic) bond motifs is 1. The highest BCUT2D eigenvalue weighted by molar-refractivity contribution is 7.89. The fourth-order valence-electron chi connectivity index (χ4n) is 2.29. The van der Waals surface area contributed by atoms with Crippen LogP contribution in [-0.2, 0) is 27.8 Å². The van der Waals surface area contributed by atoms with Crippen LogP contribution in [0.15, 0.2) is 47.4 Å². The van der Waals surface area contributed by atoms with Crippen LogP contribution < -0.4 is 10.0 Å². The van der Waals surface area contributed by atoms with E-state index < -0.39 is 10.0 Å². The topological polar surface area (TPSA) is 75.3 Å². The highest BCUT2D eigenvalue weighted by Crippen LogP contribution is 2.24. The number of halogens is 1. The second kappa shape index (κ2) is 5.72. The van der Waals surface area contributed by atoms with Crippen molar-refractivity contribution in [3.8, 4) is 0 Å². The van der Waals surface area contributed by atoms with Gasteiger partial charge in [0.25, 0.3) is 0 Å². The number of carbonyl (C=O) groups excluding carboxylic acids is 1. The van der Waals surface area contributed by atoms with Gasteiger partial charge in [-0.05, 0) is 35.4 Å². The molecule has 1 heterocycles. The SMILES string of the molecule is O=C1Cc2cc(CNS(=O)(=O)c3cccc(Cl)c3)ccc2N1. The lowest BCUT2D eigenvalue weighted by atomic mass is 10.1. The van der Waals surface area contributed by atoms with Crippen molar-refractivity contribution in [2.24, 2.45) is 0 Å². The summed E-state index contributed by atoms with van der Waals surface area (Å²) in [5, 5.41) is 3.10. The summed E-state index contributed by atoms with van der Waals surface area (Å²) in [5.74, 6) is -0.0494. The first-order valence-corrected chi connectivity index (χ1v) is 8.47. The molecule has 0 spiro atoms. The highest BCUT2D eigenvalue weighted by Gasteiger charge is 2.18. The molecule has 7 heteroatoms. The second-order valence-corrected chi connectivity index (χ2v) is 7.20. The van der Waals surface area contributed by atoms with Gasteiger partial charge in [0.1, 0.15) is 0 Å². The molecule has 0 fully saturated rings. The van der Waals surface area contributed by atoms with Crippen LogP contribution >= 0.6 is 11.6 Å². The average molecular weight is 337 g/mol. The molecule has 0 aromatic heterocycles. The van der Waals surface area contributed by atoms with Crippen LogP contribution in [0.4, 0.5) is 5.69 Å². The van der Waals surface area contributed by atoms with Crippen molar-refractivity contribution in [3.05, 3.63) is 58.6 Å². The van der Waals surface area contributed by atoms with Gasteiger partial charge in [-0.15, -0.1) is 0 Å². The van der Waals surface area contributed by atoms with Gasteiger partial charge in [-0.3, -0.25) is 4.79 Å². The Hall–Kier alpha value is -1.89. The summed E-state index contributed by atoms with van der Waals surface area (Å²) in [7, 11) is -3.62. The molecule has 2 aromatic carbocycles. The number of rotatable bonds is 4. The number of hydrogen-bond acceptors (Lipinski definition) is 3. The van der Waals surface area contributed by atoms with Gasteiger partial charge in [0.2, 0.25) is 15.9 Å². The number of benzene rings is 2. The quantitative estimate of drug-likeness (QED) is 0.899. The van der Waals surface area contributed by atoms with Crippen LogP contribution in [0.2, 0.25) is 5.02 Å². The highest BCUT2D eigenvalue weighted by atomic mass is 35.5. The molecule has 0 atom stereocenters. The normalized spacial score (nSPS) is 13.8. The number of nitrogens with one attached hydrogen (secondary N) is 2. The molecule has 0 bridgehead atoms. The molecule has 0 aliphatic carbocycles. The molecule has 3 rings (SSSR count). The summed E-state index contributed by atoms with van der Waals surface area (Å²) in [5.41, 5.74) is 2.46. The Kier molecular flexibility index (Phi) is 3.90. The predicted octanol–water partition coefficient (Wildman–Crippen LogP) is 2.31. The third-order valence-electron chi connectivity index (χ3n) is 3.37. The summed E-state index contributed by atoms with van der Waals surface area (Å²) in [4.78, 5) is 11.4. The van der Waals surface area contributed by atoms with Crippen molar-refractivity contribution in [1.82, 2.24) is 4.72 Å². The molecular weight excluding hydrogens is 324 g/mol. The zero-order valence-corrected chi connectivity index (χ0v) is 13.0. The number of amides is 1. The third kappa shape index (κ3) is 3.14. The first-order valence-electron chi connectivity index (χ1n) is 6.61. The molecule has 0 radical (unpaired) electrons. The second-order valence-electron chi connectivity index (χ2n) is 5.00. The Morgan fingerprint density at radius 1 is 1.18 bits per heavy atom. The van der Waals surface area contributed by atoms with E-state index in [0.29, 0.717) is 11.4 Å².